The van der Waals surface area contributed by atoms with E-state index in [0.29, 0.717) is 11.3 Å². The van der Waals surface area contributed by atoms with Crippen LogP contribution in [0.5, 0.6) is 0 Å². The Hall–Kier alpha value is -0.630. The van der Waals surface area contributed by atoms with E-state index in [2.05, 4.69) is 26.0 Å². The molecule has 0 aliphatic carbocycles. The predicted molar refractivity (Wildman–Crippen MR) is 61.0 cm³/mol. The second kappa shape index (κ2) is 4.48. The number of anilines is 1. The fourth-order valence-corrected chi connectivity index (χ4v) is 2.87. The van der Waals surface area contributed by atoms with Crippen LogP contribution in [-0.2, 0) is 16.4 Å². The van der Waals surface area contributed by atoms with E-state index in [4.69, 9.17) is 5.73 Å². The van der Waals surface area contributed by atoms with E-state index in [1.54, 1.807) is 4.68 Å². The van der Waals surface area contributed by atoms with Gasteiger partial charge >= 0.3 is 0 Å². The van der Waals surface area contributed by atoms with Crippen molar-refractivity contribution in [3.05, 3.63) is 4.73 Å². The molecule has 1 rings (SSSR count). The molecule has 0 aromatic carbocycles. The maximum absolute atomic E-state index is 11.0. The molecule has 6 nitrogen and oxygen atoms in total. The summed E-state index contributed by atoms with van der Waals surface area (Å²) >= 11 is 3.19. The lowest BCUT2D eigenvalue weighted by Gasteiger charge is -2.09. The van der Waals surface area contributed by atoms with Crippen molar-refractivity contribution in [3.8, 4) is 0 Å². The highest BCUT2D eigenvalue weighted by Gasteiger charge is 2.13. The average Bonchev–Trinajstić information content (AvgIpc) is 2.25. The van der Waals surface area contributed by atoms with E-state index >= 15 is 0 Å². The molecular formula is C7H13BrN4O2S. The Bertz CT molecular complexity index is 442. The number of nitrogens with two attached hydrogens (primary N) is 1. The maximum atomic E-state index is 11.0. The van der Waals surface area contributed by atoms with Crippen LogP contribution in [0.15, 0.2) is 4.73 Å². The first-order valence-corrected chi connectivity index (χ1v) is 7.17. The van der Waals surface area contributed by atoms with Crippen LogP contribution in [0.25, 0.3) is 0 Å². The van der Waals surface area contributed by atoms with Crippen molar-refractivity contribution in [1.29, 1.82) is 0 Å². The van der Waals surface area contributed by atoms with Gasteiger partial charge in [0.1, 0.15) is 9.84 Å². The summed E-state index contributed by atoms with van der Waals surface area (Å²) in [6.45, 7) is 2.31. The van der Waals surface area contributed by atoms with Crippen LogP contribution in [0.1, 0.15) is 6.92 Å². The summed E-state index contributed by atoms with van der Waals surface area (Å²) in [7, 11) is -2.96. The van der Waals surface area contributed by atoms with Gasteiger partial charge in [0.25, 0.3) is 0 Å². The second-order valence-corrected chi connectivity index (χ2v) is 6.51. The highest BCUT2D eigenvalue weighted by Crippen LogP contribution is 2.11. The predicted octanol–water partition coefficient (Wildman–Crippen LogP) is 0.303. The summed E-state index contributed by atoms with van der Waals surface area (Å²) in [6, 6.07) is 0. The van der Waals surface area contributed by atoms with Crippen LogP contribution in [-0.4, -0.2) is 35.2 Å². The first kappa shape index (κ1) is 12.4. The third-order valence-corrected chi connectivity index (χ3v) is 3.48. The standard InChI is InChI=1S/C7H13BrN4O2S/c1-5(4-15(2,13)14)3-12-6(8)10-7(9)11-12/h5H,3-4H2,1-2H3,(H2,9,11). The summed E-state index contributed by atoms with van der Waals surface area (Å²) in [5.74, 6) is 0.268. The lowest BCUT2D eigenvalue weighted by Crippen LogP contribution is -2.18. The van der Waals surface area contributed by atoms with Gasteiger partial charge in [0.2, 0.25) is 5.95 Å². The summed E-state index contributed by atoms with van der Waals surface area (Å²) in [5, 5.41) is 3.92. The number of halogens is 1. The van der Waals surface area contributed by atoms with E-state index in [1.165, 1.54) is 6.26 Å². The number of nitrogen functional groups attached to an aromatic ring is 1. The van der Waals surface area contributed by atoms with Crippen LogP contribution in [0.3, 0.4) is 0 Å². The average molecular weight is 297 g/mol. The van der Waals surface area contributed by atoms with Gasteiger partial charge in [-0.2, -0.15) is 4.98 Å². The molecule has 1 aromatic heterocycles. The van der Waals surface area contributed by atoms with E-state index in [1.807, 2.05) is 6.92 Å². The minimum atomic E-state index is -2.96. The topological polar surface area (TPSA) is 90.9 Å². The molecule has 86 valence electrons. The van der Waals surface area contributed by atoms with Crippen molar-refractivity contribution in [2.45, 2.75) is 13.5 Å². The zero-order chi connectivity index (χ0) is 11.6. The molecule has 1 heterocycles. The first-order chi connectivity index (χ1) is 6.78. The number of rotatable bonds is 4. The number of aromatic nitrogens is 3. The minimum Gasteiger partial charge on any atom is -0.366 e. The van der Waals surface area contributed by atoms with Crippen LogP contribution >= 0.6 is 15.9 Å². The maximum Gasteiger partial charge on any atom is 0.240 e. The fraction of sp³-hybridized carbons (Fsp3) is 0.714. The van der Waals surface area contributed by atoms with E-state index in [0.717, 1.165) is 0 Å². The van der Waals surface area contributed by atoms with E-state index in [-0.39, 0.29) is 17.6 Å². The van der Waals surface area contributed by atoms with Crippen LogP contribution in [0.4, 0.5) is 5.95 Å². The van der Waals surface area contributed by atoms with Gasteiger partial charge < -0.3 is 5.73 Å². The smallest absolute Gasteiger partial charge is 0.240 e. The van der Waals surface area contributed by atoms with E-state index in [9.17, 15) is 8.42 Å². The van der Waals surface area contributed by atoms with Crippen molar-refractivity contribution >= 4 is 31.7 Å². The molecule has 1 aromatic rings. The lowest BCUT2D eigenvalue weighted by atomic mass is 10.2. The molecule has 0 fully saturated rings. The Morgan fingerprint density at radius 2 is 2.20 bits per heavy atom. The minimum absolute atomic E-state index is 0.0302. The third kappa shape index (κ3) is 4.17. The molecule has 0 saturated carbocycles. The molecule has 0 spiro atoms. The zero-order valence-electron chi connectivity index (χ0n) is 8.51. The summed E-state index contributed by atoms with van der Waals surface area (Å²) in [4.78, 5) is 3.86. The third-order valence-electron chi connectivity index (χ3n) is 1.71. The molecule has 1 unspecified atom stereocenters. The quantitative estimate of drug-likeness (QED) is 0.863. The molecule has 0 aliphatic rings. The van der Waals surface area contributed by atoms with Gasteiger partial charge in [-0.3, -0.25) is 0 Å². The fourth-order valence-electron chi connectivity index (χ4n) is 1.32. The largest absolute Gasteiger partial charge is 0.366 e. The Kier molecular flexibility index (Phi) is 3.72. The van der Waals surface area contributed by atoms with Crippen molar-refractivity contribution in [1.82, 2.24) is 14.8 Å². The normalized spacial score (nSPS) is 14.1. The van der Waals surface area contributed by atoms with Crippen LogP contribution in [0, 0.1) is 5.92 Å². The van der Waals surface area contributed by atoms with E-state index < -0.39 is 9.84 Å². The first-order valence-electron chi connectivity index (χ1n) is 4.31. The van der Waals surface area contributed by atoms with Gasteiger partial charge in [0, 0.05) is 12.8 Å². The zero-order valence-corrected chi connectivity index (χ0v) is 10.9. The highest BCUT2D eigenvalue weighted by molar-refractivity contribution is 9.10. The van der Waals surface area contributed by atoms with Crippen molar-refractivity contribution in [2.75, 3.05) is 17.7 Å². The molecule has 0 aliphatic heterocycles. The second-order valence-electron chi connectivity index (χ2n) is 3.62. The molecule has 15 heavy (non-hydrogen) atoms. The lowest BCUT2D eigenvalue weighted by molar-refractivity contribution is 0.471. The van der Waals surface area contributed by atoms with Gasteiger partial charge in [0.15, 0.2) is 4.73 Å². The molecule has 0 amide bonds. The van der Waals surface area contributed by atoms with Gasteiger partial charge in [-0.25, -0.2) is 13.1 Å². The van der Waals surface area contributed by atoms with Gasteiger partial charge in [-0.1, -0.05) is 6.92 Å². The highest BCUT2D eigenvalue weighted by atomic mass is 79.9. The molecule has 8 heteroatoms. The molecule has 0 saturated heterocycles. The summed E-state index contributed by atoms with van der Waals surface area (Å²) in [5.41, 5.74) is 5.39. The van der Waals surface area contributed by atoms with Crippen molar-refractivity contribution < 1.29 is 8.42 Å². The van der Waals surface area contributed by atoms with Gasteiger partial charge in [-0.05, 0) is 21.8 Å². The molecule has 1 atom stereocenters. The van der Waals surface area contributed by atoms with Gasteiger partial charge in [0.05, 0.1) is 5.75 Å². The molecule has 0 bridgehead atoms. The number of hydrogen-bond donors (Lipinski definition) is 1. The Morgan fingerprint density at radius 1 is 1.60 bits per heavy atom. The van der Waals surface area contributed by atoms with Crippen molar-refractivity contribution in [2.24, 2.45) is 5.92 Å². The Balaban J connectivity index is 2.66. The SMILES string of the molecule is CC(Cn1nc(N)nc1Br)CS(C)(=O)=O. The van der Waals surface area contributed by atoms with Crippen LogP contribution in [0.2, 0.25) is 0 Å². The Morgan fingerprint density at radius 3 is 2.60 bits per heavy atom. The van der Waals surface area contributed by atoms with Crippen molar-refractivity contribution in [3.63, 3.8) is 0 Å². The number of hydrogen-bond acceptors (Lipinski definition) is 5. The Labute approximate surface area is 96.9 Å². The van der Waals surface area contributed by atoms with Gasteiger partial charge in [-0.15, -0.1) is 5.10 Å². The van der Waals surface area contributed by atoms with Crippen LogP contribution < -0.4 is 5.73 Å². The molecule has 0 radical (unpaired) electrons. The summed E-state index contributed by atoms with van der Waals surface area (Å²) in [6.07, 6.45) is 1.22. The number of sulfone groups is 1. The molecule has 2 N–H and O–H groups in total. The monoisotopic (exact) mass is 296 g/mol. The summed E-state index contributed by atoms with van der Waals surface area (Å²) < 4.78 is 24.1. The molecular weight excluding hydrogens is 284 g/mol. The number of nitrogens with zero attached hydrogens (tertiary/aromatic N) is 3.